The largest absolute Gasteiger partial charge is 0.394 e. The van der Waals surface area contributed by atoms with E-state index < -0.39 is 124 Å². The molecule has 17 atom stereocenters. The highest BCUT2D eigenvalue weighted by atomic mass is 16.8. The number of rotatable bonds is 58. The van der Waals surface area contributed by atoms with Crippen LogP contribution in [0.4, 0.5) is 0 Å². The Morgan fingerprint density at radius 3 is 1.04 bits per heavy atom. The van der Waals surface area contributed by atoms with E-state index in [1.807, 2.05) is 6.08 Å². The zero-order valence-corrected chi connectivity index (χ0v) is 56.4. The normalized spacial score (nSPS) is 28.0. The lowest BCUT2D eigenvalue weighted by atomic mass is 9.96. The Balaban J connectivity index is 1.19. The van der Waals surface area contributed by atoms with Gasteiger partial charge in [-0.25, -0.2) is 0 Å². The van der Waals surface area contributed by atoms with Gasteiger partial charge in [-0.05, 0) is 19.3 Å². The summed E-state index contributed by atoms with van der Waals surface area (Å²) < 4.78 is 34.1. The molecule has 3 heterocycles. The number of unbranched alkanes of at least 4 members (excludes halogenated alkanes) is 42. The molecule has 0 aromatic heterocycles. The second-order valence-electron chi connectivity index (χ2n) is 26.8. The van der Waals surface area contributed by atoms with Crippen LogP contribution in [0, 0.1) is 0 Å². The van der Waals surface area contributed by atoms with Crippen LogP contribution in [0.1, 0.15) is 303 Å². The molecular formula is C71H135NO18. The first-order chi connectivity index (χ1) is 43.8. The van der Waals surface area contributed by atoms with E-state index in [-0.39, 0.29) is 18.9 Å². The Kier molecular flexibility index (Phi) is 49.3. The van der Waals surface area contributed by atoms with Gasteiger partial charge in [0.05, 0.1) is 38.6 Å². The number of hydrogen-bond donors (Lipinski definition) is 12. The quantitative estimate of drug-likeness (QED) is 0.0199. The Morgan fingerprint density at radius 2 is 0.689 bits per heavy atom. The van der Waals surface area contributed by atoms with Crippen molar-refractivity contribution < 1.29 is 89.4 Å². The van der Waals surface area contributed by atoms with Gasteiger partial charge in [0.25, 0.3) is 0 Å². The van der Waals surface area contributed by atoms with Crippen LogP contribution in [0.5, 0.6) is 0 Å². The van der Waals surface area contributed by atoms with Crippen molar-refractivity contribution in [1.29, 1.82) is 0 Å². The van der Waals surface area contributed by atoms with Gasteiger partial charge >= 0.3 is 0 Å². The van der Waals surface area contributed by atoms with Gasteiger partial charge in [0.2, 0.25) is 5.91 Å². The number of allylic oxidation sites excluding steroid dienone is 1. The second kappa shape index (κ2) is 53.6. The van der Waals surface area contributed by atoms with Crippen LogP contribution in [-0.4, -0.2) is 193 Å². The molecule has 3 aliphatic rings. The van der Waals surface area contributed by atoms with Gasteiger partial charge in [-0.1, -0.05) is 289 Å². The molecule has 0 aromatic rings. The van der Waals surface area contributed by atoms with Crippen LogP contribution in [0.25, 0.3) is 0 Å². The average molecular weight is 1290 g/mol. The van der Waals surface area contributed by atoms with E-state index in [2.05, 4.69) is 19.2 Å². The highest BCUT2D eigenvalue weighted by Crippen LogP contribution is 2.33. The molecule has 3 aliphatic heterocycles. The Morgan fingerprint density at radius 1 is 0.389 bits per heavy atom. The van der Waals surface area contributed by atoms with Gasteiger partial charge in [-0.3, -0.25) is 4.79 Å². The molecule has 90 heavy (non-hydrogen) atoms. The van der Waals surface area contributed by atoms with E-state index in [0.29, 0.717) is 6.42 Å². The maximum atomic E-state index is 13.3. The summed E-state index contributed by atoms with van der Waals surface area (Å²) in [5, 5.41) is 120. The van der Waals surface area contributed by atoms with Crippen molar-refractivity contribution in [3.05, 3.63) is 12.2 Å². The van der Waals surface area contributed by atoms with Crippen molar-refractivity contribution in [2.24, 2.45) is 0 Å². The fourth-order valence-corrected chi connectivity index (χ4v) is 12.8. The molecule has 0 spiro atoms. The highest BCUT2D eigenvalue weighted by Gasteiger charge is 2.53. The van der Waals surface area contributed by atoms with Crippen molar-refractivity contribution in [1.82, 2.24) is 5.32 Å². The highest BCUT2D eigenvalue weighted by molar-refractivity contribution is 5.76. The summed E-state index contributed by atoms with van der Waals surface area (Å²) in [6.07, 6.45) is 34.9. The molecule has 0 radical (unpaired) electrons. The Labute approximate surface area is 544 Å². The Bertz CT molecular complexity index is 1680. The molecule has 0 aliphatic carbocycles. The first kappa shape index (κ1) is 82.8. The van der Waals surface area contributed by atoms with E-state index in [0.717, 1.165) is 44.9 Å². The first-order valence-corrected chi connectivity index (χ1v) is 36.9. The number of nitrogens with one attached hydrogen (secondary N) is 1. The lowest BCUT2D eigenvalue weighted by Gasteiger charge is -2.48. The van der Waals surface area contributed by atoms with Gasteiger partial charge in [-0.15, -0.1) is 0 Å². The van der Waals surface area contributed by atoms with Gasteiger partial charge in [-0.2, -0.15) is 0 Å². The molecule has 0 bridgehead atoms. The Hall–Kier alpha value is -1.47. The van der Waals surface area contributed by atoms with Crippen LogP contribution in [0.15, 0.2) is 12.2 Å². The molecule has 19 nitrogen and oxygen atoms in total. The maximum Gasteiger partial charge on any atom is 0.220 e. The van der Waals surface area contributed by atoms with Gasteiger partial charge < -0.3 is 89.9 Å². The summed E-state index contributed by atoms with van der Waals surface area (Å²) in [6.45, 7) is 1.63. The minimum Gasteiger partial charge on any atom is -0.394 e. The lowest BCUT2D eigenvalue weighted by molar-refractivity contribution is -0.379. The van der Waals surface area contributed by atoms with E-state index >= 15 is 0 Å². The third-order valence-electron chi connectivity index (χ3n) is 18.8. The monoisotopic (exact) mass is 1290 g/mol. The minimum atomic E-state index is -1.97. The predicted octanol–water partition coefficient (Wildman–Crippen LogP) is 10.4. The summed E-state index contributed by atoms with van der Waals surface area (Å²) in [5.74, 6) is -0.277. The fraction of sp³-hybridized carbons (Fsp3) is 0.958. The molecule has 19 heteroatoms. The van der Waals surface area contributed by atoms with Crippen LogP contribution in [0.2, 0.25) is 0 Å². The minimum absolute atomic E-state index is 0.248. The van der Waals surface area contributed by atoms with Crippen molar-refractivity contribution in [2.45, 2.75) is 407 Å². The summed E-state index contributed by atoms with van der Waals surface area (Å²) in [7, 11) is 0. The molecule has 3 fully saturated rings. The molecule has 17 unspecified atom stereocenters. The number of aliphatic hydroxyl groups is 11. The molecule has 3 rings (SSSR count). The number of ether oxygens (including phenoxy) is 6. The third kappa shape index (κ3) is 35.0. The summed E-state index contributed by atoms with van der Waals surface area (Å²) in [4.78, 5) is 13.3. The maximum absolute atomic E-state index is 13.3. The molecule has 0 saturated carbocycles. The molecular weight excluding hydrogens is 1150 g/mol. The van der Waals surface area contributed by atoms with Gasteiger partial charge in [0, 0.05) is 6.42 Å². The SMILES string of the molecule is CCCCC/C=C/C(O)C(COC1OC(CO)C(OC2OC(CO)C(OC3OC(CO)C(O)C(O)C3O)C(O)C2O)C(O)C1O)NC(=O)CCCCCCCCCCCCCCCCCCCCCCCCCCCCCCCCCCCCCCCCCC. The summed E-state index contributed by atoms with van der Waals surface area (Å²) in [6, 6.07) is -0.965. The zero-order chi connectivity index (χ0) is 65.4. The van der Waals surface area contributed by atoms with Crippen LogP contribution < -0.4 is 5.32 Å². The van der Waals surface area contributed by atoms with E-state index in [1.54, 1.807) is 6.08 Å². The standard InChI is InChI=1S/C71H135NO18/c1-3-5-7-9-10-11-12-13-14-15-16-17-18-19-20-21-22-23-24-25-26-27-28-29-30-31-32-33-34-35-36-37-38-39-40-41-42-43-45-47-49-59(77)72-54(55(76)48-46-44-8-6-4-2)53-85-69-65(83)62(80)67(57(51-74)87-69)90-71-66(84)63(81)68(58(52-75)88-71)89-70-64(82)61(79)60(78)56(50-73)86-70/h46,48,54-58,60-71,73-76,78-84H,3-45,47,49-53H2,1-2H3,(H,72,77)/b48-46+. The van der Waals surface area contributed by atoms with Crippen molar-refractivity contribution in [2.75, 3.05) is 26.4 Å². The number of hydrogen-bond acceptors (Lipinski definition) is 18. The zero-order valence-electron chi connectivity index (χ0n) is 56.4. The molecule has 1 amide bonds. The van der Waals surface area contributed by atoms with E-state index in [1.165, 1.54) is 231 Å². The number of carbonyl (C=O) groups excluding carboxylic acids is 1. The van der Waals surface area contributed by atoms with Crippen LogP contribution in [-0.2, 0) is 33.2 Å². The van der Waals surface area contributed by atoms with E-state index in [9.17, 15) is 61.0 Å². The summed E-state index contributed by atoms with van der Waals surface area (Å²) >= 11 is 0. The van der Waals surface area contributed by atoms with Crippen molar-refractivity contribution in [3.8, 4) is 0 Å². The smallest absolute Gasteiger partial charge is 0.220 e. The third-order valence-corrected chi connectivity index (χ3v) is 18.8. The molecule has 3 saturated heterocycles. The van der Waals surface area contributed by atoms with Crippen LogP contribution >= 0.6 is 0 Å². The van der Waals surface area contributed by atoms with Gasteiger partial charge in [0.1, 0.15) is 73.2 Å². The topological polar surface area (TPSA) is 307 Å². The molecule has 532 valence electrons. The second-order valence-corrected chi connectivity index (χ2v) is 26.8. The predicted molar refractivity (Wildman–Crippen MR) is 351 cm³/mol. The molecule has 0 aromatic carbocycles. The van der Waals surface area contributed by atoms with Crippen molar-refractivity contribution >= 4 is 5.91 Å². The molecule has 12 N–H and O–H groups in total. The van der Waals surface area contributed by atoms with Crippen LogP contribution in [0.3, 0.4) is 0 Å². The summed E-state index contributed by atoms with van der Waals surface area (Å²) in [5.41, 5.74) is 0. The average Bonchev–Trinajstić information content (AvgIpc) is 1.07. The fourth-order valence-electron chi connectivity index (χ4n) is 12.8. The number of amides is 1. The van der Waals surface area contributed by atoms with E-state index in [4.69, 9.17) is 28.4 Å². The van der Waals surface area contributed by atoms with Crippen molar-refractivity contribution in [3.63, 3.8) is 0 Å². The van der Waals surface area contributed by atoms with Gasteiger partial charge in [0.15, 0.2) is 18.9 Å². The number of aliphatic hydroxyl groups excluding tert-OH is 11. The first-order valence-electron chi connectivity index (χ1n) is 36.9. The lowest BCUT2D eigenvalue weighted by Crippen LogP contribution is -2.66. The number of carbonyl (C=O) groups is 1.